The number of halogens is 6. The number of aliphatic hydroxyl groups excluding tert-OH is 1. The van der Waals surface area contributed by atoms with E-state index in [4.69, 9.17) is 0 Å². The van der Waals surface area contributed by atoms with Crippen LogP contribution in [0, 0.1) is 0 Å². The van der Waals surface area contributed by atoms with E-state index in [-0.39, 0.29) is 18.2 Å². The summed E-state index contributed by atoms with van der Waals surface area (Å²) in [5.41, 5.74) is 2.84. The van der Waals surface area contributed by atoms with Crippen LogP contribution in [0.5, 0.6) is 0 Å². The van der Waals surface area contributed by atoms with Gasteiger partial charge in [-0.2, -0.15) is 26.3 Å². The van der Waals surface area contributed by atoms with Gasteiger partial charge in [-0.25, -0.2) is 0 Å². The second kappa shape index (κ2) is 9.59. The highest BCUT2D eigenvalue weighted by molar-refractivity contribution is 5.75. The van der Waals surface area contributed by atoms with E-state index in [1.165, 1.54) is 22.6 Å². The second-order valence-corrected chi connectivity index (χ2v) is 9.60. The standard InChI is InChI=1S/C28H26F6N2O/c29-27(30,31)20-10-5-9-19(15-20)25-16-35(22-14-6-8-18-7-1-2-11-21(18)22)23-12-3-4-13-24(23)36(25)17-26(37)28(32,33)34/h1-5,7,9-13,15,22,25-26,37H,6,8,14,16-17H2/t22?,25-,26+/m0/s1. The van der Waals surface area contributed by atoms with E-state index in [1.807, 2.05) is 24.3 Å². The summed E-state index contributed by atoms with van der Waals surface area (Å²) in [6.07, 6.45) is -9.47. The van der Waals surface area contributed by atoms with Gasteiger partial charge in [-0.05, 0) is 60.2 Å². The van der Waals surface area contributed by atoms with Crippen LogP contribution in [0.15, 0.2) is 72.8 Å². The molecule has 0 fully saturated rings. The van der Waals surface area contributed by atoms with E-state index in [2.05, 4.69) is 11.0 Å². The predicted molar refractivity (Wildman–Crippen MR) is 130 cm³/mol. The van der Waals surface area contributed by atoms with Crippen molar-refractivity contribution in [1.82, 2.24) is 0 Å². The van der Waals surface area contributed by atoms with E-state index in [0.29, 0.717) is 11.4 Å². The van der Waals surface area contributed by atoms with E-state index in [0.717, 1.165) is 37.0 Å². The summed E-state index contributed by atoms with van der Waals surface area (Å²) in [7, 11) is 0. The van der Waals surface area contributed by atoms with Crippen molar-refractivity contribution in [3.8, 4) is 0 Å². The lowest BCUT2D eigenvalue weighted by atomic mass is 9.85. The second-order valence-electron chi connectivity index (χ2n) is 9.60. The minimum atomic E-state index is -4.87. The summed E-state index contributed by atoms with van der Waals surface area (Å²) in [6.45, 7) is -0.627. The van der Waals surface area contributed by atoms with Crippen molar-refractivity contribution in [1.29, 1.82) is 0 Å². The van der Waals surface area contributed by atoms with Crippen molar-refractivity contribution in [2.24, 2.45) is 0 Å². The molecule has 196 valence electrons. The lowest BCUT2D eigenvalue weighted by Crippen LogP contribution is -2.50. The molecule has 0 radical (unpaired) electrons. The van der Waals surface area contributed by atoms with Gasteiger partial charge in [0.25, 0.3) is 0 Å². The number of hydrogen-bond acceptors (Lipinski definition) is 3. The Morgan fingerprint density at radius 2 is 1.54 bits per heavy atom. The van der Waals surface area contributed by atoms with Gasteiger partial charge in [0.2, 0.25) is 0 Å². The normalized spacial score (nSPS) is 20.8. The Morgan fingerprint density at radius 3 is 2.27 bits per heavy atom. The first kappa shape index (κ1) is 25.4. The predicted octanol–water partition coefficient (Wildman–Crippen LogP) is 7.07. The maximum atomic E-state index is 13.6. The van der Waals surface area contributed by atoms with Gasteiger partial charge in [0.15, 0.2) is 6.10 Å². The number of aryl methyl sites for hydroxylation is 1. The summed E-state index contributed by atoms with van der Waals surface area (Å²) in [5, 5.41) is 10.00. The number of nitrogens with zero attached hydrogens (tertiary/aromatic N) is 2. The van der Waals surface area contributed by atoms with Crippen LogP contribution in [0.2, 0.25) is 0 Å². The van der Waals surface area contributed by atoms with Crippen LogP contribution in [0.25, 0.3) is 0 Å². The Kier molecular flexibility index (Phi) is 6.60. The monoisotopic (exact) mass is 520 g/mol. The third-order valence-corrected chi connectivity index (χ3v) is 7.31. The molecule has 9 heteroatoms. The van der Waals surface area contributed by atoms with Crippen molar-refractivity contribution in [3.05, 3.63) is 95.1 Å². The Morgan fingerprint density at radius 1 is 0.838 bits per heavy atom. The molecule has 2 aliphatic rings. The molecule has 1 heterocycles. The molecular formula is C28H26F6N2O. The van der Waals surface area contributed by atoms with Gasteiger partial charge in [-0.15, -0.1) is 0 Å². The topological polar surface area (TPSA) is 26.7 Å². The maximum absolute atomic E-state index is 13.6. The molecule has 0 aromatic heterocycles. The molecule has 37 heavy (non-hydrogen) atoms. The average Bonchev–Trinajstić information content (AvgIpc) is 2.87. The first-order chi connectivity index (χ1) is 17.5. The summed E-state index contributed by atoms with van der Waals surface area (Å²) >= 11 is 0. The van der Waals surface area contributed by atoms with Crippen molar-refractivity contribution >= 4 is 11.4 Å². The van der Waals surface area contributed by atoms with Gasteiger partial charge < -0.3 is 14.9 Å². The van der Waals surface area contributed by atoms with Gasteiger partial charge in [0.05, 0.1) is 35.6 Å². The fraction of sp³-hybridized carbons (Fsp3) is 0.357. The van der Waals surface area contributed by atoms with Crippen LogP contribution in [0.3, 0.4) is 0 Å². The third-order valence-electron chi connectivity index (χ3n) is 7.31. The van der Waals surface area contributed by atoms with E-state index >= 15 is 0 Å². The zero-order valence-corrected chi connectivity index (χ0v) is 19.8. The molecule has 3 aromatic carbocycles. The number of alkyl halides is 6. The number of para-hydroxylation sites is 2. The highest BCUT2D eigenvalue weighted by Gasteiger charge is 2.44. The number of benzene rings is 3. The summed E-state index contributed by atoms with van der Waals surface area (Å²) < 4.78 is 81.0. The van der Waals surface area contributed by atoms with Crippen molar-refractivity contribution in [2.75, 3.05) is 22.9 Å². The molecule has 0 saturated heterocycles. The Hall–Kier alpha value is -3.20. The molecule has 0 amide bonds. The highest BCUT2D eigenvalue weighted by Crippen LogP contribution is 2.48. The Bertz CT molecular complexity index is 1260. The van der Waals surface area contributed by atoms with Crippen LogP contribution in [0.1, 0.15) is 47.2 Å². The number of hydrogen-bond donors (Lipinski definition) is 1. The fourth-order valence-electron chi connectivity index (χ4n) is 5.57. The summed E-state index contributed by atoms with van der Waals surface area (Å²) in [6, 6.07) is 18.8. The molecule has 1 aliphatic carbocycles. The van der Waals surface area contributed by atoms with Gasteiger partial charge in [0, 0.05) is 6.54 Å². The zero-order chi connectivity index (χ0) is 26.4. The van der Waals surface area contributed by atoms with Gasteiger partial charge in [0.1, 0.15) is 0 Å². The fourth-order valence-corrected chi connectivity index (χ4v) is 5.57. The number of anilines is 2. The van der Waals surface area contributed by atoms with Crippen molar-refractivity contribution in [2.45, 2.75) is 49.8 Å². The molecule has 1 N–H and O–H groups in total. The number of aliphatic hydroxyl groups is 1. The van der Waals surface area contributed by atoms with Crippen LogP contribution >= 0.6 is 0 Å². The maximum Gasteiger partial charge on any atom is 0.416 e. The summed E-state index contributed by atoms with van der Waals surface area (Å²) in [4.78, 5) is 3.50. The van der Waals surface area contributed by atoms with E-state index in [9.17, 15) is 31.4 Å². The molecule has 1 aliphatic heterocycles. The minimum absolute atomic E-state index is 0.0749. The average molecular weight is 521 g/mol. The van der Waals surface area contributed by atoms with Crippen LogP contribution in [-0.2, 0) is 12.6 Å². The molecule has 3 nitrogen and oxygen atoms in total. The molecule has 0 spiro atoms. The molecule has 3 aromatic rings. The minimum Gasteiger partial charge on any atom is -0.382 e. The van der Waals surface area contributed by atoms with Crippen LogP contribution in [0.4, 0.5) is 37.7 Å². The smallest absolute Gasteiger partial charge is 0.382 e. The SMILES string of the molecule is O[C@H](CN1c2ccccc2N(C2CCCc3ccccc32)C[C@H]1c1cccc(C(F)(F)F)c1)C(F)(F)F. The van der Waals surface area contributed by atoms with E-state index in [1.54, 1.807) is 18.2 Å². The van der Waals surface area contributed by atoms with Crippen molar-refractivity contribution < 1.29 is 31.4 Å². The van der Waals surface area contributed by atoms with Crippen LogP contribution < -0.4 is 9.80 Å². The Balaban J connectivity index is 1.63. The molecule has 3 atom stereocenters. The van der Waals surface area contributed by atoms with E-state index < -0.39 is 36.6 Å². The van der Waals surface area contributed by atoms with Crippen molar-refractivity contribution in [3.63, 3.8) is 0 Å². The van der Waals surface area contributed by atoms with Gasteiger partial charge in [-0.1, -0.05) is 48.5 Å². The molecular weight excluding hydrogens is 494 g/mol. The number of β-amino-alcohol motifs (C(OH)–C–C–N with tert-alkyl or cyclic N) is 1. The van der Waals surface area contributed by atoms with Gasteiger partial charge in [-0.3, -0.25) is 0 Å². The molecule has 1 unspecified atom stereocenters. The lowest BCUT2D eigenvalue weighted by molar-refractivity contribution is -0.200. The number of rotatable bonds is 4. The van der Waals surface area contributed by atoms with Gasteiger partial charge >= 0.3 is 12.4 Å². The number of fused-ring (bicyclic) bond motifs is 2. The third kappa shape index (κ3) is 5.01. The molecule has 0 bridgehead atoms. The summed E-state index contributed by atoms with van der Waals surface area (Å²) in [5.74, 6) is 0. The Labute approximate surface area is 210 Å². The largest absolute Gasteiger partial charge is 0.416 e. The quantitative estimate of drug-likeness (QED) is 0.373. The highest BCUT2D eigenvalue weighted by atomic mass is 19.4. The molecule has 5 rings (SSSR count). The molecule has 0 saturated carbocycles. The van der Waals surface area contributed by atoms with Crippen LogP contribution in [-0.4, -0.2) is 30.5 Å². The first-order valence-corrected chi connectivity index (χ1v) is 12.2. The zero-order valence-electron chi connectivity index (χ0n) is 19.8. The lowest BCUT2D eigenvalue weighted by Gasteiger charge is -2.49. The first-order valence-electron chi connectivity index (χ1n) is 12.2.